The maximum absolute atomic E-state index is 12.0. The van der Waals surface area contributed by atoms with Crippen molar-refractivity contribution in [1.82, 2.24) is 15.5 Å². The molecule has 0 aliphatic rings. The minimum atomic E-state index is -1.13. The van der Waals surface area contributed by atoms with Crippen LogP contribution in [0.1, 0.15) is 20.3 Å². The summed E-state index contributed by atoms with van der Waals surface area (Å²) in [6.07, 6.45) is -0.433. The summed E-state index contributed by atoms with van der Waals surface area (Å²) in [6, 6.07) is -1.51. The Kier molecular flexibility index (Phi) is 7.06. The van der Waals surface area contributed by atoms with Crippen LogP contribution in [0.3, 0.4) is 0 Å². The van der Waals surface area contributed by atoms with Crippen LogP contribution in [0.4, 0.5) is 0 Å². The molecule has 0 aliphatic carbocycles. The van der Waals surface area contributed by atoms with Gasteiger partial charge in [0.05, 0.1) is 12.5 Å². The smallest absolute Gasteiger partial charge is 0.305 e. The summed E-state index contributed by atoms with van der Waals surface area (Å²) < 4.78 is 0. The number of amides is 2. The van der Waals surface area contributed by atoms with Crippen molar-refractivity contribution < 1.29 is 19.5 Å². The SMILES string of the molecule is CN[C@H](C(=O)N[C@@H](CC(=O)O)C(=O)N(C)C)C(C)C. The van der Waals surface area contributed by atoms with E-state index in [0.717, 1.165) is 0 Å². The lowest BCUT2D eigenvalue weighted by Gasteiger charge is -2.24. The van der Waals surface area contributed by atoms with Crippen molar-refractivity contribution in [1.29, 1.82) is 0 Å². The summed E-state index contributed by atoms with van der Waals surface area (Å²) in [5.41, 5.74) is 0. The molecule has 2 atom stereocenters. The van der Waals surface area contributed by atoms with E-state index in [9.17, 15) is 14.4 Å². The molecule has 0 radical (unpaired) electrons. The molecule has 0 saturated heterocycles. The Morgan fingerprint density at radius 1 is 1.21 bits per heavy atom. The van der Waals surface area contributed by atoms with Crippen molar-refractivity contribution in [2.24, 2.45) is 5.92 Å². The van der Waals surface area contributed by atoms with Gasteiger partial charge < -0.3 is 20.6 Å². The second kappa shape index (κ2) is 7.73. The van der Waals surface area contributed by atoms with Crippen LogP contribution in [-0.2, 0) is 14.4 Å². The Morgan fingerprint density at radius 2 is 1.74 bits per heavy atom. The standard InChI is InChI=1S/C12H23N3O4/c1-7(2)10(13-3)11(18)14-8(6-9(16)17)12(19)15(4)5/h7-8,10,13H,6H2,1-5H3,(H,14,18)(H,16,17)/t8-,10-/m0/s1. The van der Waals surface area contributed by atoms with Gasteiger partial charge in [0.2, 0.25) is 11.8 Å². The van der Waals surface area contributed by atoms with Crippen molar-refractivity contribution in [2.75, 3.05) is 21.1 Å². The van der Waals surface area contributed by atoms with Crippen molar-refractivity contribution in [3.05, 3.63) is 0 Å². The zero-order valence-electron chi connectivity index (χ0n) is 12.1. The van der Waals surface area contributed by atoms with Gasteiger partial charge in [-0.15, -0.1) is 0 Å². The number of nitrogens with zero attached hydrogens (tertiary/aromatic N) is 1. The summed E-state index contributed by atoms with van der Waals surface area (Å²) >= 11 is 0. The average Bonchev–Trinajstić information content (AvgIpc) is 2.26. The normalized spacial score (nSPS) is 13.8. The first-order valence-corrected chi connectivity index (χ1v) is 6.11. The Morgan fingerprint density at radius 3 is 2.05 bits per heavy atom. The van der Waals surface area contributed by atoms with E-state index >= 15 is 0 Å². The van der Waals surface area contributed by atoms with Crippen LogP contribution in [0.15, 0.2) is 0 Å². The molecular formula is C12H23N3O4. The molecule has 2 amide bonds. The van der Waals surface area contributed by atoms with Gasteiger partial charge in [-0.25, -0.2) is 0 Å². The van der Waals surface area contributed by atoms with Crippen molar-refractivity contribution in [3.63, 3.8) is 0 Å². The van der Waals surface area contributed by atoms with Gasteiger partial charge in [-0.05, 0) is 13.0 Å². The van der Waals surface area contributed by atoms with Crippen LogP contribution in [-0.4, -0.2) is 61.0 Å². The zero-order valence-corrected chi connectivity index (χ0v) is 12.1. The van der Waals surface area contributed by atoms with E-state index in [1.165, 1.54) is 19.0 Å². The van der Waals surface area contributed by atoms with Crippen LogP contribution < -0.4 is 10.6 Å². The van der Waals surface area contributed by atoms with Crippen LogP contribution in [0.2, 0.25) is 0 Å². The van der Waals surface area contributed by atoms with Gasteiger partial charge in [-0.3, -0.25) is 14.4 Å². The number of carboxylic acid groups (broad SMARTS) is 1. The fourth-order valence-electron chi connectivity index (χ4n) is 1.72. The van der Waals surface area contributed by atoms with E-state index in [1.54, 1.807) is 7.05 Å². The van der Waals surface area contributed by atoms with Crippen molar-refractivity contribution >= 4 is 17.8 Å². The maximum atomic E-state index is 12.0. The van der Waals surface area contributed by atoms with E-state index in [0.29, 0.717) is 0 Å². The number of nitrogens with one attached hydrogen (secondary N) is 2. The monoisotopic (exact) mass is 273 g/mol. The van der Waals surface area contributed by atoms with Crippen LogP contribution in [0.25, 0.3) is 0 Å². The molecule has 0 saturated carbocycles. The molecule has 7 heteroatoms. The minimum absolute atomic E-state index is 0.0323. The largest absolute Gasteiger partial charge is 0.481 e. The van der Waals surface area contributed by atoms with E-state index in [4.69, 9.17) is 5.11 Å². The third-order valence-corrected chi connectivity index (χ3v) is 2.69. The highest BCUT2D eigenvalue weighted by Crippen LogP contribution is 2.04. The molecule has 3 N–H and O–H groups in total. The van der Waals surface area contributed by atoms with Gasteiger partial charge in [-0.2, -0.15) is 0 Å². The first kappa shape index (κ1) is 17.4. The fraction of sp³-hybridized carbons (Fsp3) is 0.750. The second-order valence-corrected chi connectivity index (χ2v) is 4.90. The number of carbonyl (C=O) groups excluding carboxylic acids is 2. The Bertz CT molecular complexity index is 342. The van der Waals surface area contributed by atoms with Gasteiger partial charge >= 0.3 is 5.97 Å². The molecule has 0 bridgehead atoms. The summed E-state index contributed by atoms with van der Waals surface area (Å²) in [4.78, 5) is 35.8. The van der Waals surface area contributed by atoms with E-state index < -0.39 is 30.4 Å². The molecule has 0 fully saturated rings. The number of rotatable bonds is 7. The Hall–Kier alpha value is -1.63. The average molecular weight is 273 g/mol. The molecule has 0 spiro atoms. The highest BCUT2D eigenvalue weighted by molar-refractivity contribution is 5.92. The van der Waals surface area contributed by atoms with Crippen LogP contribution >= 0.6 is 0 Å². The lowest BCUT2D eigenvalue weighted by atomic mass is 10.0. The van der Waals surface area contributed by atoms with Crippen molar-refractivity contribution in [2.45, 2.75) is 32.4 Å². The fourth-order valence-corrected chi connectivity index (χ4v) is 1.72. The first-order chi connectivity index (χ1) is 8.70. The molecule has 0 rings (SSSR count). The molecule has 0 aliphatic heterocycles. The zero-order chi connectivity index (χ0) is 15.2. The number of hydrogen-bond donors (Lipinski definition) is 3. The highest BCUT2D eigenvalue weighted by atomic mass is 16.4. The summed E-state index contributed by atoms with van der Waals surface area (Å²) in [7, 11) is 4.67. The van der Waals surface area contributed by atoms with Gasteiger partial charge in [0.1, 0.15) is 6.04 Å². The number of likely N-dealkylation sites (N-methyl/N-ethyl adjacent to an activating group) is 2. The molecule has 0 aromatic rings. The first-order valence-electron chi connectivity index (χ1n) is 6.11. The molecule has 19 heavy (non-hydrogen) atoms. The Labute approximate surface area is 113 Å². The summed E-state index contributed by atoms with van der Waals surface area (Å²) in [5.74, 6) is -1.91. The molecule has 7 nitrogen and oxygen atoms in total. The van der Waals surface area contributed by atoms with Gasteiger partial charge in [-0.1, -0.05) is 13.8 Å². The molecule has 110 valence electrons. The van der Waals surface area contributed by atoms with Crippen LogP contribution in [0.5, 0.6) is 0 Å². The quantitative estimate of drug-likeness (QED) is 0.568. The van der Waals surface area contributed by atoms with E-state index in [1.807, 2.05) is 13.8 Å². The molecule has 0 aromatic heterocycles. The summed E-state index contributed by atoms with van der Waals surface area (Å²) in [5, 5.41) is 14.1. The molecular weight excluding hydrogens is 250 g/mol. The lowest BCUT2D eigenvalue weighted by molar-refractivity contribution is -0.143. The van der Waals surface area contributed by atoms with E-state index in [2.05, 4.69) is 10.6 Å². The van der Waals surface area contributed by atoms with Gasteiger partial charge in [0.25, 0.3) is 0 Å². The van der Waals surface area contributed by atoms with E-state index in [-0.39, 0.29) is 11.8 Å². The van der Waals surface area contributed by atoms with Crippen molar-refractivity contribution in [3.8, 4) is 0 Å². The minimum Gasteiger partial charge on any atom is -0.481 e. The molecule has 0 aromatic carbocycles. The number of carbonyl (C=O) groups is 3. The second-order valence-electron chi connectivity index (χ2n) is 4.90. The predicted octanol–water partition coefficient (Wildman–Crippen LogP) is -0.722. The molecule has 0 unspecified atom stereocenters. The third kappa shape index (κ3) is 5.69. The predicted molar refractivity (Wildman–Crippen MR) is 70.6 cm³/mol. The van der Waals surface area contributed by atoms with Crippen LogP contribution in [0, 0.1) is 5.92 Å². The maximum Gasteiger partial charge on any atom is 0.305 e. The lowest BCUT2D eigenvalue weighted by Crippen LogP contribution is -2.54. The number of aliphatic carboxylic acids is 1. The van der Waals surface area contributed by atoms with Gasteiger partial charge in [0, 0.05) is 14.1 Å². The molecule has 0 heterocycles. The number of hydrogen-bond acceptors (Lipinski definition) is 4. The van der Waals surface area contributed by atoms with Gasteiger partial charge in [0.15, 0.2) is 0 Å². The third-order valence-electron chi connectivity index (χ3n) is 2.69. The Balaban J connectivity index is 4.86. The highest BCUT2D eigenvalue weighted by Gasteiger charge is 2.28. The number of carboxylic acids is 1. The summed E-state index contributed by atoms with van der Waals surface area (Å²) in [6.45, 7) is 3.72. The topological polar surface area (TPSA) is 98.7 Å².